The fraction of sp³-hybridized carbons (Fsp3) is 1.00. The second-order valence-corrected chi connectivity index (χ2v) is 3.66. The fourth-order valence-corrected chi connectivity index (χ4v) is 1.19. The molecular formula is C10H20F3NO. The molecule has 0 rings (SSSR count). The summed E-state index contributed by atoms with van der Waals surface area (Å²) in [5.41, 5.74) is 0. The molecule has 0 aliphatic heterocycles. The van der Waals surface area contributed by atoms with E-state index in [1.54, 1.807) is 0 Å². The number of nitrogens with one attached hydrogen (secondary N) is 1. The van der Waals surface area contributed by atoms with Gasteiger partial charge in [0.15, 0.2) is 6.10 Å². The van der Waals surface area contributed by atoms with Gasteiger partial charge < -0.3 is 10.1 Å². The quantitative estimate of drug-likeness (QED) is 0.675. The highest BCUT2D eigenvalue weighted by atomic mass is 19.4. The molecule has 5 heteroatoms. The van der Waals surface area contributed by atoms with Crippen molar-refractivity contribution in [3.8, 4) is 0 Å². The van der Waals surface area contributed by atoms with E-state index in [9.17, 15) is 13.2 Å². The third-order valence-electron chi connectivity index (χ3n) is 2.16. The molecule has 0 fully saturated rings. The van der Waals surface area contributed by atoms with Crippen LogP contribution in [0.15, 0.2) is 0 Å². The van der Waals surface area contributed by atoms with E-state index in [1.807, 2.05) is 13.8 Å². The van der Waals surface area contributed by atoms with Crippen molar-refractivity contribution >= 4 is 0 Å². The van der Waals surface area contributed by atoms with E-state index in [2.05, 4.69) is 10.1 Å². The van der Waals surface area contributed by atoms with Crippen molar-refractivity contribution in [3.63, 3.8) is 0 Å². The van der Waals surface area contributed by atoms with Gasteiger partial charge in [-0.3, -0.25) is 0 Å². The molecule has 0 aromatic heterocycles. The Bertz CT molecular complexity index is 161. The van der Waals surface area contributed by atoms with E-state index in [1.165, 1.54) is 0 Å². The third kappa shape index (κ3) is 7.62. The summed E-state index contributed by atoms with van der Waals surface area (Å²) in [7, 11) is 0. The molecule has 0 aliphatic rings. The Morgan fingerprint density at radius 1 is 1.27 bits per heavy atom. The predicted molar refractivity (Wildman–Crippen MR) is 53.8 cm³/mol. The number of alkyl halides is 3. The molecule has 0 spiro atoms. The van der Waals surface area contributed by atoms with E-state index in [0.29, 0.717) is 12.5 Å². The molecule has 0 amide bonds. The van der Waals surface area contributed by atoms with Crippen molar-refractivity contribution in [2.24, 2.45) is 0 Å². The Morgan fingerprint density at radius 2 is 1.87 bits per heavy atom. The van der Waals surface area contributed by atoms with E-state index in [0.717, 1.165) is 19.9 Å². The molecule has 0 aromatic carbocycles. The van der Waals surface area contributed by atoms with Crippen molar-refractivity contribution in [2.45, 2.75) is 51.9 Å². The monoisotopic (exact) mass is 227 g/mol. The average molecular weight is 227 g/mol. The number of ether oxygens (including phenoxy) is 1. The van der Waals surface area contributed by atoms with Crippen LogP contribution in [0.1, 0.15) is 33.6 Å². The van der Waals surface area contributed by atoms with Crippen LogP contribution < -0.4 is 5.32 Å². The first kappa shape index (κ1) is 14.7. The minimum Gasteiger partial charge on any atom is -0.369 e. The maximum atomic E-state index is 12.0. The van der Waals surface area contributed by atoms with Crippen molar-refractivity contribution in [3.05, 3.63) is 0 Å². The highest BCUT2D eigenvalue weighted by Crippen LogP contribution is 2.22. The zero-order chi connectivity index (χ0) is 11.9. The van der Waals surface area contributed by atoms with E-state index < -0.39 is 12.3 Å². The number of hydrogen-bond donors (Lipinski definition) is 1. The van der Waals surface area contributed by atoms with E-state index in [-0.39, 0.29) is 6.61 Å². The molecule has 15 heavy (non-hydrogen) atoms. The number of rotatable bonds is 7. The van der Waals surface area contributed by atoms with Crippen LogP contribution >= 0.6 is 0 Å². The van der Waals surface area contributed by atoms with E-state index in [4.69, 9.17) is 0 Å². The summed E-state index contributed by atoms with van der Waals surface area (Å²) in [6.45, 7) is 6.08. The lowest BCUT2D eigenvalue weighted by atomic mass is 10.2. The summed E-state index contributed by atoms with van der Waals surface area (Å²) in [6.07, 6.45) is -4.42. The number of halogens is 3. The molecule has 2 nitrogen and oxygen atoms in total. The lowest BCUT2D eigenvalue weighted by Gasteiger charge is -2.17. The van der Waals surface area contributed by atoms with Gasteiger partial charge >= 0.3 is 6.18 Å². The molecule has 2 atom stereocenters. The predicted octanol–water partition coefficient (Wildman–Crippen LogP) is 2.73. The molecule has 0 bridgehead atoms. The third-order valence-corrected chi connectivity index (χ3v) is 2.16. The molecule has 0 radical (unpaired) electrons. The Hall–Kier alpha value is -0.290. The van der Waals surface area contributed by atoms with Gasteiger partial charge in [-0.1, -0.05) is 6.92 Å². The maximum Gasteiger partial charge on any atom is 0.414 e. The van der Waals surface area contributed by atoms with Crippen LogP contribution in [0, 0.1) is 0 Å². The Labute approximate surface area is 89.2 Å². The molecule has 92 valence electrons. The molecule has 0 aliphatic carbocycles. The van der Waals surface area contributed by atoms with Crippen molar-refractivity contribution in [2.75, 3.05) is 13.2 Å². The van der Waals surface area contributed by atoms with Gasteiger partial charge in [0.05, 0.1) is 0 Å². The van der Waals surface area contributed by atoms with Gasteiger partial charge in [-0.05, 0) is 33.2 Å². The minimum absolute atomic E-state index is 0.163. The van der Waals surface area contributed by atoms with Gasteiger partial charge in [0, 0.05) is 12.6 Å². The zero-order valence-electron chi connectivity index (χ0n) is 9.53. The molecule has 0 aromatic rings. The normalized spacial score (nSPS) is 16.4. The van der Waals surface area contributed by atoms with Gasteiger partial charge in [-0.25, -0.2) is 0 Å². The second kappa shape index (κ2) is 7.06. The van der Waals surface area contributed by atoms with Crippen LogP contribution in [-0.2, 0) is 4.74 Å². The first-order chi connectivity index (χ1) is 6.88. The Morgan fingerprint density at radius 3 is 2.33 bits per heavy atom. The SMILES string of the molecule is CCNC(C)CCCOC(C)C(F)(F)F. The highest BCUT2D eigenvalue weighted by Gasteiger charge is 2.36. The molecule has 0 saturated carbocycles. The molecule has 2 unspecified atom stereocenters. The van der Waals surface area contributed by atoms with Gasteiger partial charge in [0.2, 0.25) is 0 Å². The smallest absolute Gasteiger partial charge is 0.369 e. The van der Waals surface area contributed by atoms with E-state index >= 15 is 0 Å². The first-order valence-corrected chi connectivity index (χ1v) is 5.29. The van der Waals surface area contributed by atoms with Crippen LogP contribution in [0.25, 0.3) is 0 Å². The molecular weight excluding hydrogens is 207 g/mol. The summed E-state index contributed by atoms with van der Waals surface area (Å²) >= 11 is 0. The van der Waals surface area contributed by atoms with Crippen LogP contribution in [0.2, 0.25) is 0 Å². The van der Waals surface area contributed by atoms with Crippen molar-refractivity contribution < 1.29 is 17.9 Å². The second-order valence-electron chi connectivity index (χ2n) is 3.66. The molecule has 0 saturated heterocycles. The van der Waals surface area contributed by atoms with Gasteiger partial charge in [-0.15, -0.1) is 0 Å². The average Bonchev–Trinajstić information content (AvgIpc) is 2.11. The summed E-state index contributed by atoms with van der Waals surface area (Å²) in [5, 5.41) is 3.19. The Kier molecular flexibility index (Phi) is 6.92. The summed E-state index contributed by atoms with van der Waals surface area (Å²) in [6, 6.07) is 0.333. The van der Waals surface area contributed by atoms with Crippen molar-refractivity contribution in [1.82, 2.24) is 5.32 Å². The lowest BCUT2D eigenvalue weighted by molar-refractivity contribution is -0.214. The first-order valence-electron chi connectivity index (χ1n) is 5.29. The summed E-state index contributed by atoms with van der Waals surface area (Å²) < 4.78 is 40.7. The number of hydrogen-bond acceptors (Lipinski definition) is 2. The molecule has 0 heterocycles. The summed E-state index contributed by atoms with van der Waals surface area (Å²) in [5.74, 6) is 0. The van der Waals surface area contributed by atoms with Gasteiger partial charge in [0.1, 0.15) is 0 Å². The van der Waals surface area contributed by atoms with Gasteiger partial charge in [0.25, 0.3) is 0 Å². The minimum atomic E-state index is -4.24. The maximum absolute atomic E-state index is 12.0. The fourth-order valence-electron chi connectivity index (χ4n) is 1.19. The zero-order valence-corrected chi connectivity index (χ0v) is 9.53. The van der Waals surface area contributed by atoms with Crippen LogP contribution in [0.4, 0.5) is 13.2 Å². The van der Waals surface area contributed by atoms with Gasteiger partial charge in [-0.2, -0.15) is 13.2 Å². The van der Waals surface area contributed by atoms with Crippen LogP contribution in [0.3, 0.4) is 0 Å². The van der Waals surface area contributed by atoms with Crippen LogP contribution in [-0.4, -0.2) is 31.5 Å². The Balaban J connectivity index is 3.46. The highest BCUT2D eigenvalue weighted by molar-refractivity contribution is 4.62. The van der Waals surface area contributed by atoms with Crippen molar-refractivity contribution in [1.29, 1.82) is 0 Å². The lowest BCUT2D eigenvalue weighted by Crippen LogP contribution is -2.29. The topological polar surface area (TPSA) is 21.3 Å². The largest absolute Gasteiger partial charge is 0.414 e. The summed E-state index contributed by atoms with van der Waals surface area (Å²) in [4.78, 5) is 0. The molecule has 1 N–H and O–H groups in total. The standard InChI is InChI=1S/C10H20F3NO/c1-4-14-8(2)6-5-7-15-9(3)10(11,12)13/h8-9,14H,4-7H2,1-3H3. The van der Waals surface area contributed by atoms with Crippen LogP contribution in [0.5, 0.6) is 0 Å².